The first-order chi connectivity index (χ1) is 16.5. The highest BCUT2D eigenvalue weighted by Gasteiger charge is 2.51. The smallest absolute Gasteiger partial charge is 0.306 e. The lowest BCUT2D eigenvalue weighted by atomic mass is 9.81. The van der Waals surface area contributed by atoms with Gasteiger partial charge in [-0.3, -0.25) is 19.4 Å². The van der Waals surface area contributed by atoms with E-state index in [0.29, 0.717) is 11.3 Å². The minimum absolute atomic E-state index is 0.0290. The molecule has 2 saturated carbocycles. The molecule has 3 atom stereocenters. The molecule has 2 aromatic rings. The van der Waals surface area contributed by atoms with E-state index in [1.54, 1.807) is 29.3 Å². The van der Waals surface area contributed by atoms with Gasteiger partial charge in [0, 0.05) is 36.8 Å². The molecule has 34 heavy (non-hydrogen) atoms. The predicted molar refractivity (Wildman–Crippen MR) is 122 cm³/mol. The van der Waals surface area contributed by atoms with Crippen molar-refractivity contribution in [2.45, 2.75) is 63.1 Å². The third-order valence-corrected chi connectivity index (χ3v) is 7.27. The van der Waals surface area contributed by atoms with E-state index in [0.717, 1.165) is 37.7 Å². The van der Waals surface area contributed by atoms with Gasteiger partial charge in [-0.15, -0.1) is 0 Å². The van der Waals surface area contributed by atoms with Crippen LogP contribution in [-0.4, -0.2) is 46.9 Å². The zero-order valence-electron chi connectivity index (χ0n) is 19.2. The Morgan fingerprint density at radius 1 is 1.15 bits per heavy atom. The number of esters is 1. The maximum atomic E-state index is 14.5. The van der Waals surface area contributed by atoms with Crippen molar-refractivity contribution in [2.75, 3.05) is 12.0 Å². The number of carbonyl (C=O) groups excluding carboxylic acids is 3. The van der Waals surface area contributed by atoms with Gasteiger partial charge in [-0.2, -0.15) is 0 Å². The van der Waals surface area contributed by atoms with E-state index in [1.807, 2.05) is 4.90 Å². The highest BCUT2D eigenvalue weighted by molar-refractivity contribution is 6.07. The van der Waals surface area contributed by atoms with Crippen LogP contribution in [0, 0.1) is 11.7 Å². The van der Waals surface area contributed by atoms with Crippen molar-refractivity contribution in [3.05, 3.63) is 59.7 Å². The highest BCUT2D eigenvalue weighted by atomic mass is 19.1. The molecule has 7 nitrogen and oxygen atoms in total. The van der Waals surface area contributed by atoms with Gasteiger partial charge >= 0.3 is 5.97 Å². The largest absolute Gasteiger partial charge is 0.469 e. The third-order valence-electron chi connectivity index (χ3n) is 7.27. The van der Waals surface area contributed by atoms with Crippen LogP contribution in [0.5, 0.6) is 0 Å². The summed E-state index contributed by atoms with van der Waals surface area (Å²) in [7, 11) is 1.31. The van der Waals surface area contributed by atoms with E-state index in [-0.39, 0.29) is 48.7 Å². The maximum Gasteiger partial charge on any atom is 0.306 e. The van der Waals surface area contributed by atoms with Gasteiger partial charge in [0.1, 0.15) is 5.82 Å². The lowest BCUT2D eigenvalue weighted by Gasteiger charge is -2.48. The number of carbonyl (C=O) groups is 3. The summed E-state index contributed by atoms with van der Waals surface area (Å²) in [6, 6.07) is 7.68. The Morgan fingerprint density at radius 3 is 2.68 bits per heavy atom. The number of fused-ring (bicyclic) bond motifs is 2. The zero-order valence-corrected chi connectivity index (χ0v) is 19.2. The van der Waals surface area contributed by atoms with E-state index in [1.165, 1.54) is 25.4 Å². The molecule has 0 N–H and O–H groups in total. The Morgan fingerprint density at radius 2 is 1.97 bits per heavy atom. The number of rotatable bonds is 6. The van der Waals surface area contributed by atoms with Gasteiger partial charge in [0.05, 0.1) is 30.8 Å². The van der Waals surface area contributed by atoms with Crippen molar-refractivity contribution in [3.8, 4) is 0 Å². The summed E-state index contributed by atoms with van der Waals surface area (Å²) >= 11 is 0. The van der Waals surface area contributed by atoms with E-state index >= 15 is 0 Å². The molecule has 2 aliphatic carbocycles. The molecule has 1 aromatic heterocycles. The first-order valence-corrected chi connectivity index (χ1v) is 11.9. The quantitative estimate of drug-likeness (QED) is 0.602. The Hall–Kier alpha value is -3.29. The number of benzene rings is 1. The molecule has 5 rings (SSSR count). The van der Waals surface area contributed by atoms with Gasteiger partial charge < -0.3 is 14.5 Å². The second kappa shape index (κ2) is 9.16. The third kappa shape index (κ3) is 4.06. The molecule has 3 aliphatic rings. The molecule has 0 radical (unpaired) electrons. The molecule has 0 bridgehead atoms. The summed E-state index contributed by atoms with van der Waals surface area (Å²) in [5.41, 5.74) is 1.77. The number of hydrogen-bond donors (Lipinski definition) is 0. The summed E-state index contributed by atoms with van der Waals surface area (Å²) in [5, 5.41) is 0. The summed E-state index contributed by atoms with van der Waals surface area (Å²) in [6.07, 6.45) is 7.65. The fourth-order valence-corrected chi connectivity index (χ4v) is 5.67. The van der Waals surface area contributed by atoms with Crippen molar-refractivity contribution in [1.29, 1.82) is 0 Å². The molecule has 178 valence electrons. The number of methoxy groups -OCH3 is 1. The monoisotopic (exact) mass is 465 g/mol. The standard InChI is InChI=1S/C26H28FN3O4/c1-34-24(32)12-11-23(31)29(18-8-9-18)25-19-5-2-6-21(19)30(22-14-17(27)7-10-20(22)25)26(33)16-4-3-13-28-15-16/h3-4,7,10,13-15,18-19,21,25H,2,5-6,8-9,11-12H2,1H3. The fourth-order valence-electron chi connectivity index (χ4n) is 5.67. The van der Waals surface area contributed by atoms with Crippen molar-refractivity contribution < 1.29 is 23.5 Å². The predicted octanol–water partition coefficient (Wildman–Crippen LogP) is 4.04. The van der Waals surface area contributed by atoms with Crippen molar-refractivity contribution >= 4 is 23.5 Å². The second-order valence-corrected chi connectivity index (χ2v) is 9.34. The Labute approximate surface area is 197 Å². The molecule has 2 amide bonds. The number of hydrogen-bond acceptors (Lipinski definition) is 5. The highest BCUT2D eigenvalue weighted by Crippen LogP contribution is 2.53. The lowest BCUT2D eigenvalue weighted by molar-refractivity contribution is -0.145. The first-order valence-electron chi connectivity index (χ1n) is 11.9. The minimum atomic E-state index is -0.423. The molecule has 0 spiro atoms. The van der Waals surface area contributed by atoms with E-state index in [4.69, 9.17) is 4.74 Å². The summed E-state index contributed by atoms with van der Waals surface area (Å²) in [6.45, 7) is 0. The second-order valence-electron chi connectivity index (χ2n) is 9.34. The summed E-state index contributed by atoms with van der Waals surface area (Å²) in [5.74, 6) is -1.09. The summed E-state index contributed by atoms with van der Waals surface area (Å²) < 4.78 is 19.2. The topological polar surface area (TPSA) is 79.8 Å². The van der Waals surface area contributed by atoms with Crippen LogP contribution in [0.2, 0.25) is 0 Å². The molecule has 0 saturated heterocycles. The van der Waals surface area contributed by atoms with Crippen LogP contribution in [-0.2, 0) is 14.3 Å². The SMILES string of the molecule is COC(=O)CCC(=O)N(C1CC1)C1c2ccc(F)cc2N(C(=O)c2cccnc2)C2CCCC21. The Bertz CT molecular complexity index is 1100. The molecular weight excluding hydrogens is 437 g/mol. The van der Waals surface area contributed by atoms with Gasteiger partial charge in [-0.25, -0.2) is 4.39 Å². The summed E-state index contributed by atoms with van der Waals surface area (Å²) in [4.78, 5) is 46.4. The van der Waals surface area contributed by atoms with Gasteiger partial charge in [-0.1, -0.05) is 12.5 Å². The molecule has 8 heteroatoms. The van der Waals surface area contributed by atoms with Gasteiger partial charge in [0.25, 0.3) is 5.91 Å². The van der Waals surface area contributed by atoms with Crippen molar-refractivity contribution in [1.82, 2.24) is 9.88 Å². The fraction of sp³-hybridized carbons (Fsp3) is 0.462. The van der Waals surface area contributed by atoms with Crippen LogP contribution in [0.4, 0.5) is 10.1 Å². The van der Waals surface area contributed by atoms with E-state index < -0.39 is 11.8 Å². The number of aromatic nitrogens is 1. The normalized spacial score (nSPS) is 23.1. The zero-order chi connectivity index (χ0) is 23.8. The van der Waals surface area contributed by atoms with Crippen molar-refractivity contribution in [2.24, 2.45) is 5.92 Å². The van der Waals surface area contributed by atoms with Crippen LogP contribution in [0.15, 0.2) is 42.7 Å². The Balaban J connectivity index is 1.56. The molecule has 1 aliphatic heterocycles. The molecule has 3 unspecified atom stereocenters. The van der Waals surface area contributed by atoms with Gasteiger partial charge in [0.2, 0.25) is 5.91 Å². The van der Waals surface area contributed by atoms with Crippen LogP contribution in [0.3, 0.4) is 0 Å². The maximum absolute atomic E-state index is 14.5. The van der Waals surface area contributed by atoms with E-state index in [2.05, 4.69) is 4.98 Å². The number of pyridine rings is 1. The van der Waals surface area contributed by atoms with Crippen molar-refractivity contribution in [3.63, 3.8) is 0 Å². The molecule has 2 heterocycles. The molecular formula is C26H28FN3O4. The first kappa shape index (κ1) is 22.5. The lowest BCUT2D eigenvalue weighted by Crippen LogP contribution is -2.53. The Kier molecular flexibility index (Phi) is 6.06. The average Bonchev–Trinajstić information content (AvgIpc) is 3.57. The minimum Gasteiger partial charge on any atom is -0.469 e. The number of halogens is 1. The number of nitrogens with zero attached hydrogens (tertiary/aromatic N) is 3. The number of amides is 2. The number of anilines is 1. The van der Waals surface area contributed by atoms with Crippen LogP contribution in [0.25, 0.3) is 0 Å². The van der Waals surface area contributed by atoms with Crippen LogP contribution >= 0.6 is 0 Å². The average molecular weight is 466 g/mol. The molecule has 1 aromatic carbocycles. The molecule has 2 fully saturated rings. The van der Waals surface area contributed by atoms with Crippen LogP contribution in [0.1, 0.15) is 66.9 Å². The van der Waals surface area contributed by atoms with E-state index in [9.17, 15) is 18.8 Å². The van der Waals surface area contributed by atoms with Gasteiger partial charge in [0.15, 0.2) is 0 Å². The number of ether oxygens (including phenoxy) is 1. The van der Waals surface area contributed by atoms with Gasteiger partial charge in [-0.05, 0) is 55.5 Å². The van der Waals surface area contributed by atoms with Crippen LogP contribution < -0.4 is 4.90 Å².